The average molecular weight is 238 g/mol. The largest absolute Gasteiger partial charge is 0.376 e. The molecule has 5 heteroatoms. The van der Waals surface area contributed by atoms with E-state index in [-0.39, 0.29) is 30.0 Å². The summed E-state index contributed by atoms with van der Waals surface area (Å²) in [4.78, 5) is 25.4. The van der Waals surface area contributed by atoms with Gasteiger partial charge in [-0.25, -0.2) is 0 Å². The SMILES string of the molecule is NC1C2CCOC2C1N1C(=O)CCCCC1=O. The lowest BCUT2D eigenvalue weighted by Crippen LogP contribution is -2.70. The highest BCUT2D eigenvalue weighted by Gasteiger charge is 2.56. The van der Waals surface area contributed by atoms with Crippen LogP contribution >= 0.6 is 0 Å². The van der Waals surface area contributed by atoms with Gasteiger partial charge in [-0.3, -0.25) is 14.5 Å². The number of likely N-dealkylation sites (tertiary alicyclic amines) is 1. The zero-order valence-electron chi connectivity index (χ0n) is 9.80. The van der Waals surface area contributed by atoms with Crippen LogP contribution in [0.1, 0.15) is 32.1 Å². The van der Waals surface area contributed by atoms with E-state index in [1.165, 1.54) is 4.90 Å². The van der Waals surface area contributed by atoms with Crippen molar-refractivity contribution >= 4 is 11.8 Å². The summed E-state index contributed by atoms with van der Waals surface area (Å²) in [5, 5.41) is 0. The summed E-state index contributed by atoms with van der Waals surface area (Å²) < 4.78 is 5.60. The lowest BCUT2D eigenvalue weighted by molar-refractivity contribution is -0.158. The lowest BCUT2D eigenvalue weighted by Gasteiger charge is -2.49. The predicted octanol–water partition coefficient (Wildman–Crippen LogP) is 0.0302. The number of hydrogen-bond acceptors (Lipinski definition) is 4. The van der Waals surface area contributed by atoms with Crippen LogP contribution < -0.4 is 5.73 Å². The second-order valence-electron chi connectivity index (χ2n) is 5.22. The number of nitrogens with zero attached hydrogens (tertiary/aromatic N) is 1. The predicted molar refractivity (Wildman–Crippen MR) is 59.9 cm³/mol. The molecule has 0 radical (unpaired) electrons. The van der Waals surface area contributed by atoms with Gasteiger partial charge in [-0.1, -0.05) is 0 Å². The van der Waals surface area contributed by atoms with Crippen LogP contribution in [0.25, 0.3) is 0 Å². The highest BCUT2D eigenvalue weighted by atomic mass is 16.5. The first-order valence-corrected chi connectivity index (χ1v) is 6.42. The van der Waals surface area contributed by atoms with Crippen molar-refractivity contribution in [3.05, 3.63) is 0 Å². The first-order chi connectivity index (χ1) is 8.20. The van der Waals surface area contributed by atoms with Crippen molar-refractivity contribution in [3.63, 3.8) is 0 Å². The van der Waals surface area contributed by atoms with Crippen molar-refractivity contribution in [1.29, 1.82) is 0 Å². The molecule has 0 aromatic carbocycles. The summed E-state index contributed by atoms with van der Waals surface area (Å²) in [6.45, 7) is 0.704. The number of fused-ring (bicyclic) bond motifs is 1. The normalized spacial score (nSPS) is 42.1. The van der Waals surface area contributed by atoms with E-state index < -0.39 is 0 Å². The van der Waals surface area contributed by atoms with E-state index in [2.05, 4.69) is 0 Å². The standard InChI is InChI=1S/C12H18N2O3/c13-10-7-5-6-17-12(7)11(10)14-8(15)3-1-2-4-9(14)16/h7,10-12H,1-6,13H2. The Labute approximate surface area is 100 Å². The minimum Gasteiger partial charge on any atom is -0.376 e. The molecule has 4 unspecified atom stereocenters. The fourth-order valence-corrected chi connectivity index (χ4v) is 3.30. The molecular weight excluding hydrogens is 220 g/mol. The number of carbonyl (C=O) groups is 2. The molecule has 2 saturated heterocycles. The van der Waals surface area contributed by atoms with Crippen LogP contribution in [0.15, 0.2) is 0 Å². The van der Waals surface area contributed by atoms with Crippen LogP contribution in [-0.2, 0) is 14.3 Å². The monoisotopic (exact) mass is 238 g/mol. The second kappa shape index (κ2) is 4.07. The van der Waals surface area contributed by atoms with Crippen LogP contribution in [0.4, 0.5) is 0 Å². The van der Waals surface area contributed by atoms with E-state index in [9.17, 15) is 9.59 Å². The van der Waals surface area contributed by atoms with E-state index in [0.29, 0.717) is 25.4 Å². The Balaban J connectivity index is 1.82. The van der Waals surface area contributed by atoms with Gasteiger partial charge < -0.3 is 10.5 Å². The van der Waals surface area contributed by atoms with Gasteiger partial charge in [-0.2, -0.15) is 0 Å². The molecule has 2 N–H and O–H groups in total. The highest BCUT2D eigenvalue weighted by Crippen LogP contribution is 2.41. The fourth-order valence-electron chi connectivity index (χ4n) is 3.30. The summed E-state index contributed by atoms with van der Waals surface area (Å²) in [7, 11) is 0. The number of rotatable bonds is 1. The third kappa shape index (κ3) is 1.60. The van der Waals surface area contributed by atoms with Gasteiger partial charge in [0.2, 0.25) is 11.8 Å². The molecule has 0 bridgehead atoms. The number of ether oxygens (including phenoxy) is 1. The summed E-state index contributed by atoms with van der Waals surface area (Å²) in [5.74, 6) is 0.202. The Morgan fingerprint density at radius 1 is 1.18 bits per heavy atom. The van der Waals surface area contributed by atoms with Gasteiger partial charge in [0.1, 0.15) is 0 Å². The Hall–Kier alpha value is -0.940. The molecule has 3 fully saturated rings. The van der Waals surface area contributed by atoms with Gasteiger partial charge >= 0.3 is 0 Å². The Morgan fingerprint density at radius 3 is 2.47 bits per heavy atom. The zero-order valence-corrected chi connectivity index (χ0v) is 9.80. The summed E-state index contributed by atoms with van der Waals surface area (Å²) in [6.07, 6.45) is 3.49. The van der Waals surface area contributed by atoms with E-state index in [4.69, 9.17) is 10.5 Å². The molecule has 94 valence electrons. The Bertz CT molecular complexity index is 340. The quantitative estimate of drug-likeness (QED) is 0.654. The number of imide groups is 1. The lowest BCUT2D eigenvalue weighted by atomic mass is 9.71. The van der Waals surface area contributed by atoms with Crippen LogP contribution in [0, 0.1) is 5.92 Å². The van der Waals surface area contributed by atoms with Crippen molar-refractivity contribution in [1.82, 2.24) is 4.90 Å². The van der Waals surface area contributed by atoms with Crippen molar-refractivity contribution in [3.8, 4) is 0 Å². The summed E-state index contributed by atoms with van der Waals surface area (Å²) in [5.41, 5.74) is 6.09. The van der Waals surface area contributed by atoms with Crippen molar-refractivity contribution in [2.45, 2.75) is 50.3 Å². The Morgan fingerprint density at radius 2 is 1.82 bits per heavy atom. The van der Waals surface area contributed by atoms with Crippen LogP contribution in [0.5, 0.6) is 0 Å². The number of carbonyl (C=O) groups excluding carboxylic acids is 2. The first kappa shape index (κ1) is 11.2. The van der Waals surface area contributed by atoms with E-state index >= 15 is 0 Å². The van der Waals surface area contributed by atoms with E-state index in [0.717, 1.165) is 19.3 Å². The van der Waals surface area contributed by atoms with Crippen molar-refractivity contribution in [2.75, 3.05) is 6.61 Å². The maximum atomic E-state index is 12.0. The van der Waals surface area contributed by atoms with Gasteiger partial charge in [0.15, 0.2) is 0 Å². The molecular formula is C12H18N2O3. The van der Waals surface area contributed by atoms with Gasteiger partial charge in [0, 0.05) is 31.4 Å². The molecule has 1 saturated carbocycles. The number of nitrogens with two attached hydrogens (primary N) is 1. The second-order valence-corrected chi connectivity index (χ2v) is 5.22. The molecule has 2 aliphatic heterocycles. The molecule has 5 nitrogen and oxygen atoms in total. The molecule has 3 aliphatic rings. The molecule has 1 aliphatic carbocycles. The molecule has 0 aromatic rings. The summed E-state index contributed by atoms with van der Waals surface area (Å²) >= 11 is 0. The molecule has 4 atom stereocenters. The van der Waals surface area contributed by atoms with Crippen LogP contribution in [-0.4, -0.2) is 41.5 Å². The molecule has 0 spiro atoms. The van der Waals surface area contributed by atoms with Crippen LogP contribution in [0.3, 0.4) is 0 Å². The number of hydrogen-bond donors (Lipinski definition) is 1. The van der Waals surface area contributed by atoms with Crippen molar-refractivity contribution < 1.29 is 14.3 Å². The minimum absolute atomic E-state index is 0.00370. The molecule has 2 heterocycles. The molecule has 3 rings (SSSR count). The highest BCUT2D eigenvalue weighted by molar-refractivity contribution is 5.96. The van der Waals surface area contributed by atoms with E-state index in [1.54, 1.807) is 0 Å². The Kier molecular flexibility index (Phi) is 2.67. The van der Waals surface area contributed by atoms with Gasteiger partial charge in [-0.15, -0.1) is 0 Å². The fraction of sp³-hybridized carbons (Fsp3) is 0.833. The third-order valence-electron chi connectivity index (χ3n) is 4.28. The number of amides is 2. The van der Waals surface area contributed by atoms with Gasteiger partial charge in [0.05, 0.1) is 12.1 Å². The minimum atomic E-state index is -0.208. The van der Waals surface area contributed by atoms with Crippen molar-refractivity contribution in [2.24, 2.45) is 11.7 Å². The van der Waals surface area contributed by atoms with Crippen LogP contribution in [0.2, 0.25) is 0 Å². The molecule has 2 amide bonds. The van der Waals surface area contributed by atoms with Gasteiger partial charge in [-0.05, 0) is 19.3 Å². The van der Waals surface area contributed by atoms with E-state index in [1.807, 2.05) is 0 Å². The third-order valence-corrected chi connectivity index (χ3v) is 4.28. The average Bonchev–Trinajstić information content (AvgIpc) is 2.67. The first-order valence-electron chi connectivity index (χ1n) is 6.42. The summed E-state index contributed by atoms with van der Waals surface area (Å²) in [6, 6.07) is -0.297. The molecule has 17 heavy (non-hydrogen) atoms. The van der Waals surface area contributed by atoms with Gasteiger partial charge in [0.25, 0.3) is 0 Å². The maximum absolute atomic E-state index is 12.0. The topological polar surface area (TPSA) is 72.6 Å². The smallest absolute Gasteiger partial charge is 0.229 e. The zero-order chi connectivity index (χ0) is 12.0. The maximum Gasteiger partial charge on any atom is 0.229 e. The molecule has 0 aromatic heterocycles.